The van der Waals surface area contributed by atoms with Gasteiger partial charge in [-0.1, -0.05) is 12.7 Å². The summed E-state index contributed by atoms with van der Waals surface area (Å²) in [6.07, 6.45) is 3.26. The van der Waals surface area contributed by atoms with E-state index in [4.69, 9.17) is 13.9 Å². The molecule has 0 N–H and O–H groups in total. The van der Waals surface area contributed by atoms with Crippen LogP contribution in [0.4, 0.5) is 0 Å². The molecule has 1 aliphatic heterocycles. The van der Waals surface area contributed by atoms with Crippen LogP contribution in [0.2, 0.25) is 0 Å². The van der Waals surface area contributed by atoms with E-state index in [2.05, 4.69) is 6.58 Å². The first-order valence-corrected chi connectivity index (χ1v) is 6.91. The summed E-state index contributed by atoms with van der Waals surface area (Å²) < 4.78 is 16.3. The Morgan fingerprint density at radius 3 is 2.95 bits per heavy atom. The summed E-state index contributed by atoms with van der Waals surface area (Å²) in [5.41, 5.74) is 1.21. The smallest absolute Gasteiger partial charge is 0.254 e. The molecule has 0 unspecified atom stereocenters. The number of furan rings is 1. The van der Waals surface area contributed by atoms with Gasteiger partial charge in [0.05, 0.1) is 24.9 Å². The Morgan fingerprint density at radius 2 is 2.19 bits per heavy atom. The number of nitrogens with zero attached hydrogens (tertiary/aromatic N) is 1. The molecule has 0 radical (unpaired) electrons. The van der Waals surface area contributed by atoms with Crippen LogP contribution in [0, 0.1) is 0 Å². The van der Waals surface area contributed by atoms with Crippen LogP contribution < -0.4 is 4.74 Å². The minimum atomic E-state index is -0.0277. The van der Waals surface area contributed by atoms with Crippen LogP contribution >= 0.6 is 0 Å². The van der Waals surface area contributed by atoms with Crippen LogP contribution in [-0.4, -0.2) is 43.7 Å². The van der Waals surface area contributed by atoms with Crippen molar-refractivity contribution >= 4 is 16.9 Å². The maximum absolute atomic E-state index is 12.5. The van der Waals surface area contributed by atoms with Gasteiger partial charge in [0.15, 0.2) is 0 Å². The third-order valence-corrected chi connectivity index (χ3v) is 3.44. The summed E-state index contributed by atoms with van der Waals surface area (Å²) in [4.78, 5) is 14.3. The van der Waals surface area contributed by atoms with E-state index in [1.165, 1.54) is 0 Å². The number of carbonyl (C=O) groups excluding carboxylic acids is 1. The van der Waals surface area contributed by atoms with E-state index in [-0.39, 0.29) is 5.91 Å². The Kier molecular flexibility index (Phi) is 3.92. The van der Waals surface area contributed by atoms with Gasteiger partial charge in [-0.15, -0.1) is 0 Å². The lowest BCUT2D eigenvalue weighted by molar-refractivity contribution is 0.0302. The van der Waals surface area contributed by atoms with E-state index >= 15 is 0 Å². The van der Waals surface area contributed by atoms with Crippen LogP contribution in [0.25, 0.3) is 11.0 Å². The van der Waals surface area contributed by atoms with E-state index in [9.17, 15) is 4.79 Å². The first-order valence-electron chi connectivity index (χ1n) is 6.91. The molecule has 21 heavy (non-hydrogen) atoms. The Balaban J connectivity index is 1.93. The number of rotatable bonds is 4. The van der Waals surface area contributed by atoms with Crippen molar-refractivity contribution in [1.82, 2.24) is 4.90 Å². The SMILES string of the molecule is C=CCOc1cc(C(=O)N2CCOCC2)cc2occc12. The molecule has 1 saturated heterocycles. The summed E-state index contributed by atoms with van der Waals surface area (Å²) in [5.74, 6) is 0.609. The van der Waals surface area contributed by atoms with E-state index in [1.807, 2.05) is 6.07 Å². The van der Waals surface area contributed by atoms with E-state index in [1.54, 1.807) is 29.4 Å². The highest BCUT2D eigenvalue weighted by Gasteiger charge is 2.20. The number of amides is 1. The number of hydrogen-bond acceptors (Lipinski definition) is 4. The van der Waals surface area contributed by atoms with Gasteiger partial charge in [0.1, 0.15) is 17.9 Å². The molecule has 1 aliphatic rings. The average Bonchev–Trinajstić information content (AvgIpc) is 3.01. The van der Waals surface area contributed by atoms with Crippen molar-refractivity contribution in [1.29, 1.82) is 0 Å². The summed E-state index contributed by atoms with van der Waals surface area (Å²) in [6, 6.07) is 5.35. The Labute approximate surface area is 122 Å². The molecule has 110 valence electrons. The predicted octanol–water partition coefficient (Wildman–Crippen LogP) is 2.47. The van der Waals surface area contributed by atoms with Crippen LogP contribution in [0.15, 0.2) is 41.5 Å². The molecule has 0 spiro atoms. The van der Waals surface area contributed by atoms with E-state index in [0.29, 0.717) is 49.8 Å². The molecule has 3 rings (SSSR count). The maximum Gasteiger partial charge on any atom is 0.254 e. The number of carbonyl (C=O) groups is 1. The molecule has 2 heterocycles. The summed E-state index contributed by atoms with van der Waals surface area (Å²) in [5, 5.41) is 0.857. The largest absolute Gasteiger partial charge is 0.489 e. The maximum atomic E-state index is 12.5. The zero-order valence-corrected chi connectivity index (χ0v) is 11.7. The standard InChI is InChI=1S/C16H17NO4/c1-2-6-20-14-10-12(11-15-13(14)3-7-21-15)16(18)17-4-8-19-9-5-17/h2-3,7,10-11H,1,4-6,8-9H2. The minimum absolute atomic E-state index is 0.0277. The van der Waals surface area contributed by atoms with Gasteiger partial charge < -0.3 is 18.8 Å². The normalized spacial score (nSPS) is 15.1. The van der Waals surface area contributed by atoms with Gasteiger partial charge in [0, 0.05) is 18.7 Å². The number of ether oxygens (including phenoxy) is 2. The highest BCUT2D eigenvalue weighted by Crippen LogP contribution is 2.29. The first-order chi connectivity index (χ1) is 10.3. The molecule has 1 aromatic heterocycles. The fraction of sp³-hybridized carbons (Fsp3) is 0.312. The molecule has 0 aliphatic carbocycles. The molecule has 2 aromatic rings. The summed E-state index contributed by atoms with van der Waals surface area (Å²) >= 11 is 0. The fourth-order valence-corrected chi connectivity index (χ4v) is 2.38. The number of morpholine rings is 1. The van der Waals surface area contributed by atoms with Crippen LogP contribution in [0.5, 0.6) is 5.75 Å². The van der Waals surface area contributed by atoms with Gasteiger partial charge >= 0.3 is 0 Å². The van der Waals surface area contributed by atoms with Gasteiger partial charge in [-0.3, -0.25) is 4.79 Å². The van der Waals surface area contributed by atoms with Crippen molar-refractivity contribution in [3.8, 4) is 5.75 Å². The van der Waals surface area contributed by atoms with Crippen molar-refractivity contribution in [2.45, 2.75) is 0 Å². The molecule has 0 atom stereocenters. The molecule has 0 bridgehead atoms. The van der Waals surface area contributed by atoms with Gasteiger partial charge in [-0.25, -0.2) is 0 Å². The monoisotopic (exact) mass is 287 g/mol. The van der Waals surface area contributed by atoms with Gasteiger partial charge in [-0.05, 0) is 18.2 Å². The predicted molar refractivity (Wildman–Crippen MR) is 78.6 cm³/mol. The molecule has 0 saturated carbocycles. The van der Waals surface area contributed by atoms with Crippen molar-refractivity contribution in [3.63, 3.8) is 0 Å². The molecule has 1 aromatic carbocycles. The summed E-state index contributed by atoms with van der Waals surface area (Å²) in [7, 11) is 0. The molecule has 1 fully saturated rings. The second-order valence-corrected chi connectivity index (χ2v) is 4.81. The molecule has 1 amide bonds. The van der Waals surface area contributed by atoms with Gasteiger partial charge in [0.2, 0.25) is 0 Å². The zero-order chi connectivity index (χ0) is 14.7. The van der Waals surface area contributed by atoms with Gasteiger partial charge in [0.25, 0.3) is 5.91 Å². The lowest BCUT2D eigenvalue weighted by Gasteiger charge is -2.27. The van der Waals surface area contributed by atoms with Crippen molar-refractivity contribution in [2.24, 2.45) is 0 Å². The Bertz CT molecular complexity index is 655. The highest BCUT2D eigenvalue weighted by molar-refractivity contribution is 5.99. The van der Waals surface area contributed by atoms with E-state index < -0.39 is 0 Å². The highest BCUT2D eigenvalue weighted by atomic mass is 16.5. The van der Waals surface area contributed by atoms with Crippen molar-refractivity contribution in [2.75, 3.05) is 32.9 Å². The molecular formula is C16H17NO4. The first kappa shape index (κ1) is 13.7. The quantitative estimate of drug-likeness (QED) is 0.811. The summed E-state index contributed by atoms with van der Waals surface area (Å²) in [6.45, 7) is 6.40. The number of benzene rings is 1. The lowest BCUT2D eigenvalue weighted by Crippen LogP contribution is -2.40. The van der Waals surface area contributed by atoms with Crippen molar-refractivity contribution < 1.29 is 18.7 Å². The Morgan fingerprint density at radius 1 is 1.38 bits per heavy atom. The lowest BCUT2D eigenvalue weighted by atomic mass is 10.1. The molecule has 5 heteroatoms. The van der Waals surface area contributed by atoms with Crippen LogP contribution in [-0.2, 0) is 4.74 Å². The fourth-order valence-electron chi connectivity index (χ4n) is 2.38. The van der Waals surface area contributed by atoms with Crippen LogP contribution in [0.3, 0.4) is 0 Å². The third kappa shape index (κ3) is 2.78. The second-order valence-electron chi connectivity index (χ2n) is 4.81. The number of fused-ring (bicyclic) bond motifs is 1. The zero-order valence-electron chi connectivity index (χ0n) is 11.7. The Hall–Kier alpha value is -2.27. The van der Waals surface area contributed by atoms with Crippen molar-refractivity contribution in [3.05, 3.63) is 42.7 Å². The molecular weight excluding hydrogens is 270 g/mol. The number of hydrogen-bond donors (Lipinski definition) is 0. The minimum Gasteiger partial charge on any atom is -0.489 e. The van der Waals surface area contributed by atoms with Crippen LogP contribution in [0.1, 0.15) is 10.4 Å². The third-order valence-electron chi connectivity index (χ3n) is 3.44. The average molecular weight is 287 g/mol. The van der Waals surface area contributed by atoms with E-state index in [0.717, 1.165) is 5.39 Å². The second kappa shape index (κ2) is 6.01. The van der Waals surface area contributed by atoms with Gasteiger partial charge in [-0.2, -0.15) is 0 Å². The topological polar surface area (TPSA) is 51.9 Å². The molecule has 5 nitrogen and oxygen atoms in total.